The number of amidine groups is 1. The van der Waals surface area contributed by atoms with Crippen LogP contribution in [0.5, 0.6) is 5.75 Å². The first-order chi connectivity index (χ1) is 15.9. The van der Waals surface area contributed by atoms with E-state index >= 15 is 0 Å². The standard InChI is InChI=1S/C23H27N5O5/c24-21(25)16-5-7-18(8-6-16)33-13-2-1-10-27-11-12-28(23(32)22(27)31)19(14-20(29)30)17-4-3-9-26-15-17/h3-9,15,19H,1-2,10-14H2,(H3,24,25)(H,29,30). The van der Waals surface area contributed by atoms with E-state index in [4.69, 9.17) is 15.9 Å². The summed E-state index contributed by atoms with van der Waals surface area (Å²) in [6.07, 6.45) is 4.14. The van der Waals surface area contributed by atoms with Gasteiger partial charge >= 0.3 is 17.8 Å². The van der Waals surface area contributed by atoms with Crippen molar-refractivity contribution in [3.05, 3.63) is 59.9 Å². The lowest BCUT2D eigenvalue weighted by molar-refractivity contribution is -0.159. The van der Waals surface area contributed by atoms with Gasteiger partial charge in [0.1, 0.15) is 11.6 Å². The molecule has 4 N–H and O–H groups in total. The fourth-order valence-electron chi connectivity index (χ4n) is 3.67. The number of ether oxygens (including phenoxy) is 1. The third kappa shape index (κ3) is 6.28. The van der Waals surface area contributed by atoms with Crippen molar-refractivity contribution in [2.75, 3.05) is 26.2 Å². The van der Waals surface area contributed by atoms with Gasteiger partial charge in [0.2, 0.25) is 0 Å². The molecule has 0 aliphatic carbocycles. The van der Waals surface area contributed by atoms with E-state index in [1.807, 2.05) is 0 Å². The summed E-state index contributed by atoms with van der Waals surface area (Å²) in [7, 11) is 0. The van der Waals surface area contributed by atoms with Crippen LogP contribution < -0.4 is 10.5 Å². The molecule has 2 aromatic rings. The van der Waals surface area contributed by atoms with Crippen molar-refractivity contribution in [2.45, 2.75) is 25.3 Å². The number of nitrogens with one attached hydrogen (secondary N) is 1. The maximum Gasteiger partial charge on any atom is 0.312 e. The van der Waals surface area contributed by atoms with E-state index in [1.165, 1.54) is 16.0 Å². The van der Waals surface area contributed by atoms with Crippen LogP contribution in [0.15, 0.2) is 48.8 Å². The van der Waals surface area contributed by atoms with Crippen LogP contribution in [0.25, 0.3) is 0 Å². The van der Waals surface area contributed by atoms with Gasteiger partial charge < -0.3 is 25.4 Å². The van der Waals surface area contributed by atoms with Gasteiger partial charge in [-0.2, -0.15) is 0 Å². The van der Waals surface area contributed by atoms with Crippen molar-refractivity contribution >= 4 is 23.6 Å². The van der Waals surface area contributed by atoms with E-state index in [9.17, 15) is 19.5 Å². The Morgan fingerprint density at radius 2 is 1.91 bits per heavy atom. The summed E-state index contributed by atoms with van der Waals surface area (Å²) in [5.41, 5.74) is 6.64. The van der Waals surface area contributed by atoms with Crippen LogP contribution in [0.2, 0.25) is 0 Å². The number of hydrogen-bond acceptors (Lipinski definition) is 6. The molecular formula is C23H27N5O5. The number of carboxylic acids is 1. The molecule has 1 unspecified atom stereocenters. The number of piperazine rings is 1. The molecule has 174 valence electrons. The summed E-state index contributed by atoms with van der Waals surface area (Å²) in [5, 5.41) is 16.7. The number of carbonyl (C=O) groups excluding carboxylic acids is 2. The summed E-state index contributed by atoms with van der Waals surface area (Å²) >= 11 is 0. The van der Waals surface area contributed by atoms with E-state index in [2.05, 4.69) is 4.98 Å². The minimum atomic E-state index is -1.05. The number of hydrogen-bond donors (Lipinski definition) is 3. The average Bonchev–Trinajstić information content (AvgIpc) is 2.81. The number of nitrogens with two attached hydrogens (primary N) is 1. The van der Waals surface area contributed by atoms with Crippen molar-refractivity contribution in [3.63, 3.8) is 0 Å². The highest BCUT2D eigenvalue weighted by Gasteiger charge is 2.37. The third-order valence-electron chi connectivity index (χ3n) is 5.41. The van der Waals surface area contributed by atoms with Crippen molar-refractivity contribution in [3.8, 4) is 5.75 Å². The van der Waals surface area contributed by atoms with E-state index in [-0.39, 0.29) is 18.8 Å². The Morgan fingerprint density at radius 1 is 1.15 bits per heavy atom. The van der Waals surface area contributed by atoms with Crippen LogP contribution in [0.3, 0.4) is 0 Å². The van der Waals surface area contributed by atoms with Gasteiger partial charge in [-0.05, 0) is 48.7 Å². The number of nitrogens with zero attached hydrogens (tertiary/aromatic N) is 3. The predicted molar refractivity (Wildman–Crippen MR) is 120 cm³/mol. The second-order valence-corrected chi connectivity index (χ2v) is 7.68. The Morgan fingerprint density at radius 3 is 2.55 bits per heavy atom. The second kappa shape index (κ2) is 11.1. The largest absolute Gasteiger partial charge is 0.494 e. The Labute approximate surface area is 191 Å². The number of carboxylic acid groups (broad SMARTS) is 1. The minimum absolute atomic E-state index is 0.00409. The van der Waals surface area contributed by atoms with Gasteiger partial charge in [-0.15, -0.1) is 0 Å². The molecule has 3 rings (SSSR count). The maximum absolute atomic E-state index is 12.8. The summed E-state index contributed by atoms with van der Waals surface area (Å²) in [4.78, 5) is 43.6. The van der Waals surface area contributed by atoms with Gasteiger partial charge in [-0.25, -0.2) is 0 Å². The minimum Gasteiger partial charge on any atom is -0.494 e. The highest BCUT2D eigenvalue weighted by molar-refractivity contribution is 6.35. The molecule has 1 aliphatic rings. The maximum atomic E-state index is 12.8. The van der Waals surface area contributed by atoms with E-state index in [0.29, 0.717) is 49.4 Å². The molecule has 0 radical (unpaired) electrons. The molecular weight excluding hydrogens is 426 g/mol. The van der Waals surface area contributed by atoms with Crippen LogP contribution in [-0.2, 0) is 14.4 Å². The highest BCUT2D eigenvalue weighted by atomic mass is 16.5. The normalized spacial score (nSPS) is 14.8. The number of aliphatic carboxylic acids is 1. The molecule has 0 saturated carbocycles. The van der Waals surface area contributed by atoms with Crippen LogP contribution in [-0.4, -0.2) is 69.8 Å². The van der Waals surface area contributed by atoms with Crippen molar-refractivity contribution in [1.29, 1.82) is 5.41 Å². The van der Waals surface area contributed by atoms with Gasteiger partial charge in [0.25, 0.3) is 0 Å². The highest BCUT2D eigenvalue weighted by Crippen LogP contribution is 2.26. The summed E-state index contributed by atoms with van der Waals surface area (Å²) < 4.78 is 5.66. The van der Waals surface area contributed by atoms with Crippen LogP contribution in [0.1, 0.15) is 36.4 Å². The third-order valence-corrected chi connectivity index (χ3v) is 5.41. The molecule has 1 saturated heterocycles. The smallest absolute Gasteiger partial charge is 0.312 e. The molecule has 1 aromatic carbocycles. The molecule has 33 heavy (non-hydrogen) atoms. The molecule has 10 nitrogen and oxygen atoms in total. The number of unbranched alkanes of at least 4 members (excludes halogenated alkanes) is 1. The molecule has 0 bridgehead atoms. The first-order valence-corrected chi connectivity index (χ1v) is 10.7. The van der Waals surface area contributed by atoms with Crippen molar-refractivity contribution in [2.24, 2.45) is 5.73 Å². The monoisotopic (exact) mass is 453 g/mol. The predicted octanol–water partition coefficient (Wildman–Crippen LogP) is 1.41. The molecule has 1 fully saturated rings. The zero-order valence-corrected chi connectivity index (χ0v) is 18.1. The fraction of sp³-hybridized carbons (Fsp3) is 0.348. The number of rotatable bonds is 11. The van der Waals surface area contributed by atoms with Crippen molar-refractivity contribution < 1.29 is 24.2 Å². The summed E-state index contributed by atoms with van der Waals surface area (Å²) in [5.74, 6) is -1.71. The SMILES string of the molecule is N=C(N)c1ccc(OCCCCN2CCN(C(CC(=O)O)c3cccnc3)C(=O)C2=O)cc1. The molecule has 2 heterocycles. The number of aromatic nitrogens is 1. The Hall–Kier alpha value is -3.95. The van der Waals surface area contributed by atoms with Crippen LogP contribution in [0, 0.1) is 5.41 Å². The lowest BCUT2D eigenvalue weighted by atomic mass is 10.0. The van der Waals surface area contributed by atoms with Gasteiger partial charge in [0.15, 0.2) is 0 Å². The second-order valence-electron chi connectivity index (χ2n) is 7.68. The number of carbonyl (C=O) groups is 3. The zero-order valence-electron chi connectivity index (χ0n) is 18.1. The molecule has 2 amide bonds. The van der Waals surface area contributed by atoms with Crippen molar-refractivity contribution in [1.82, 2.24) is 14.8 Å². The average molecular weight is 453 g/mol. The van der Waals surface area contributed by atoms with Crippen LogP contribution >= 0.6 is 0 Å². The topological polar surface area (TPSA) is 150 Å². The molecule has 1 aliphatic heterocycles. The number of pyridine rings is 1. The molecule has 1 aromatic heterocycles. The lowest BCUT2D eigenvalue weighted by Gasteiger charge is -2.38. The molecule has 0 spiro atoms. The Balaban J connectivity index is 1.48. The van der Waals surface area contributed by atoms with Gasteiger partial charge in [-0.3, -0.25) is 24.8 Å². The molecule has 10 heteroatoms. The first kappa shape index (κ1) is 23.7. The number of benzene rings is 1. The zero-order chi connectivity index (χ0) is 23.8. The Bertz CT molecular complexity index is 996. The lowest BCUT2D eigenvalue weighted by Crippen LogP contribution is -2.55. The van der Waals surface area contributed by atoms with E-state index in [0.717, 1.165) is 0 Å². The van der Waals surface area contributed by atoms with E-state index < -0.39 is 23.8 Å². The first-order valence-electron chi connectivity index (χ1n) is 10.7. The fourth-order valence-corrected chi connectivity index (χ4v) is 3.67. The summed E-state index contributed by atoms with van der Waals surface area (Å²) in [6, 6.07) is 9.56. The van der Waals surface area contributed by atoms with Gasteiger partial charge in [-0.1, -0.05) is 6.07 Å². The molecule has 1 atom stereocenters. The number of amides is 2. The quantitative estimate of drug-likeness (QED) is 0.201. The summed E-state index contributed by atoms with van der Waals surface area (Å²) in [6.45, 7) is 1.47. The van der Waals surface area contributed by atoms with Crippen LogP contribution in [0.4, 0.5) is 0 Å². The number of nitrogen functional groups attached to an aromatic ring is 1. The Kier molecular flexibility index (Phi) is 7.96. The van der Waals surface area contributed by atoms with Gasteiger partial charge in [0, 0.05) is 37.6 Å². The van der Waals surface area contributed by atoms with Gasteiger partial charge in [0.05, 0.1) is 19.1 Å². The van der Waals surface area contributed by atoms with E-state index in [1.54, 1.807) is 42.6 Å².